The predicted octanol–water partition coefficient (Wildman–Crippen LogP) is 2.38. The Balaban J connectivity index is 2.12. The highest BCUT2D eigenvalue weighted by atomic mass is 32.1. The van der Waals surface area contributed by atoms with Crippen molar-refractivity contribution in [2.75, 3.05) is 13.1 Å². The minimum Gasteiger partial charge on any atom is -0.481 e. The third-order valence-corrected chi connectivity index (χ3v) is 3.87. The van der Waals surface area contributed by atoms with Crippen LogP contribution in [0, 0.1) is 6.92 Å². The van der Waals surface area contributed by atoms with Crippen molar-refractivity contribution in [1.82, 2.24) is 14.9 Å². The average molecular weight is 307 g/mol. The number of carbonyl (C=O) groups is 2. The zero-order chi connectivity index (χ0) is 15.4. The highest BCUT2D eigenvalue weighted by Gasteiger charge is 2.17. The summed E-state index contributed by atoms with van der Waals surface area (Å²) in [5, 5.41) is 11.6. The summed E-state index contributed by atoms with van der Waals surface area (Å²) in [6.45, 7) is 4.43. The third-order valence-electron chi connectivity index (χ3n) is 3.09. The Hall–Kier alpha value is -2.15. The van der Waals surface area contributed by atoms with Crippen molar-refractivity contribution in [2.24, 2.45) is 0 Å². The fraction of sp³-hybridized carbons (Fsp3) is 0.357. The van der Waals surface area contributed by atoms with Crippen molar-refractivity contribution in [3.05, 3.63) is 28.3 Å². The van der Waals surface area contributed by atoms with Gasteiger partial charge in [-0.1, -0.05) is 0 Å². The van der Waals surface area contributed by atoms with Gasteiger partial charge in [0.05, 0.1) is 17.1 Å². The van der Waals surface area contributed by atoms with Crippen molar-refractivity contribution in [3.8, 4) is 11.3 Å². The second-order valence-electron chi connectivity index (χ2n) is 4.58. The molecule has 0 bridgehead atoms. The molecule has 6 nitrogen and oxygen atoms in total. The number of thiazole rings is 1. The van der Waals surface area contributed by atoms with Crippen molar-refractivity contribution in [2.45, 2.75) is 20.3 Å². The van der Waals surface area contributed by atoms with E-state index in [0.717, 1.165) is 16.3 Å². The number of nitrogens with zero attached hydrogens (tertiary/aromatic N) is 2. The molecule has 0 aliphatic carbocycles. The zero-order valence-electron chi connectivity index (χ0n) is 11.9. The summed E-state index contributed by atoms with van der Waals surface area (Å²) in [4.78, 5) is 31.8. The van der Waals surface area contributed by atoms with Gasteiger partial charge in [-0.2, -0.15) is 0 Å². The molecule has 112 valence electrons. The number of nitrogens with one attached hydrogen (secondary N) is 1. The molecule has 2 rings (SSSR count). The molecule has 0 aliphatic rings. The van der Waals surface area contributed by atoms with Crippen LogP contribution in [0.3, 0.4) is 0 Å². The highest BCUT2D eigenvalue weighted by molar-refractivity contribution is 7.09. The minimum atomic E-state index is -0.911. The summed E-state index contributed by atoms with van der Waals surface area (Å²) in [7, 11) is 0. The lowest BCUT2D eigenvalue weighted by molar-refractivity contribution is -0.137. The minimum absolute atomic E-state index is 0.0571. The molecule has 0 aromatic carbocycles. The van der Waals surface area contributed by atoms with Gasteiger partial charge in [-0.15, -0.1) is 11.3 Å². The van der Waals surface area contributed by atoms with Crippen LogP contribution < -0.4 is 0 Å². The van der Waals surface area contributed by atoms with E-state index in [2.05, 4.69) is 9.97 Å². The van der Waals surface area contributed by atoms with Crippen molar-refractivity contribution < 1.29 is 14.7 Å². The molecular formula is C14H17N3O3S. The lowest BCUT2D eigenvalue weighted by Crippen LogP contribution is -2.33. The van der Waals surface area contributed by atoms with E-state index < -0.39 is 5.97 Å². The fourth-order valence-electron chi connectivity index (χ4n) is 1.97. The van der Waals surface area contributed by atoms with E-state index in [9.17, 15) is 9.59 Å². The predicted molar refractivity (Wildman–Crippen MR) is 80.5 cm³/mol. The van der Waals surface area contributed by atoms with Crippen LogP contribution in [-0.4, -0.2) is 44.9 Å². The smallest absolute Gasteiger partial charge is 0.305 e. The SMILES string of the molecule is CCN(CCC(=O)O)C(=O)c1cc(-c2csc(C)n2)c[nH]1. The second-order valence-corrected chi connectivity index (χ2v) is 5.64. The van der Waals surface area contributed by atoms with Crippen LogP contribution in [0.5, 0.6) is 0 Å². The maximum Gasteiger partial charge on any atom is 0.305 e. The molecule has 0 saturated carbocycles. The van der Waals surface area contributed by atoms with Gasteiger partial charge in [0.1, 0.15) is 5.69 Å². The molecule has 1 amide bonds. The van der Waals surface area contributed by atoms with E-state index in [0.29, 0.717) is 12.2 Å². The van der Waals surface area contributed by atoms with Gasteiger partial charge >= 0.3 is 5.97 Å². The summed E-state index contributed by atoms with van der Waals surface area (Å²) >= 11 is 1.55. The first-order valence-electron chi connectivity index (χ1n) is 6.63. The normalized spacial score (nSPS) is 10.6. The number of carbonyl (C=O) groups excluding carboxylic acids is 1. The summed E-state index contributed by atoms with van der Waals surface area (Å²) in [6.07, 6.45) is 1.69. The number of aliphatic carboxylic acids is 1. The summed E-state index contributed by atoms with van der Waals surface area (Å²) in [6, 6.07) is 1.75. The van der Waals surface area contributed by atoms with Crippen LogP contribution in [0.4, 0.5) is 0 Å². The molecule has 0 atom stereocenters. The number of H-pyrrole nitrogens is 1. The molecule has 2 aromatic rings. The van der Waals surface area contributed by atoms with Crippen LogP contribution in [0.1, 0.15) is 28.8 Å². The van der Waals surface area contributed by atoms with Gasteiger partial charge < -0.3 is 15.0 Å². The first-order valence-corrected chi connectivity index (χ1v) is 7.51. The van der Waals surface area contributed by atoms with Crippen molar-refractivity contribution >= 4 is 23.2 Å². The molecule has 2 N–H and O–H groups in total. The maximum absolute atomic E-state index is 12.3. The Morgan fingerprint density at radius 1 is 1.48 bits per heavy atom. The quantitative estimate of drug-likeness (QED) is 0.858. The molecule has 0 radical (unpaired) electrons. The Bertz CT molecular complexity index is 647. The molecule has 2 aromatic heterocycles. The van der Waals surface area contributed by atoms with Crippen LogP contribution in [-0.2, 0) is 4.79 Å². The topological polar surface area (TPSA) is 86.3 Å². The number of aromatic amines is 1. The van der Waals surface area contributed by atoms with Gasteiger partial charge in [0.2, 0.25) is 0 Å². The molecule has 2 heterocycles. The zero-order valence-corrected chi connectivity index (χ0v) is 12.7. The van der Waals surface area contributed by atoms with Crippen LogP contribution in [0.2, 0.25) is 0 Å². The van der Waals surface area contributed by atoms with E-state index in [1.807, 2.05) is 19.2 Å². The number of carboxylic acid groups (broad SMARTS) is 1. The van der Waals surface area contributed by atoms with Crippen molar-refractivity contribution in [1.29, 1.82) is 0 Å². The number of hydrogen-bond acceptors (Lipinski definition) is 4. The number of aryl methyl sites for hydroxylation is 1. The van der Waals surface area contributed by atoms with Crippen molar-refractivity contribution in [3.63, 3.8) is 0 Å². The number of amides is 1. The molecule has 0 unspecified atom stereocenters. The number of rotatable bonds is 6. The van der Waals surface area contributed by atoms with Gasteiger partial charge in [0.15, 0.2) is 0 Å². The molecular weight excluding hydrogens is 290 g/mol. The number of carboxylic acids is 1. The monoisotopic (exact) mass is 307 g/mol. The molecule has 0 aliphatic heterocycles. The summed E-state index contributed by atoms with van der Waals surface area (Å²) < 4.78 is 0. The molecule has 21 heavy (non-hydrogen) atoms. The molecule has 0 saturated heterocycles. The number of hydrogen-bond donors (Lipinski definition) is 2. The van der Waals surface area contributed by atoms with Gasteiger partial charge in [-0.3, -0.25) is 9.59 Å². The summed E-state index contributed by atoms with van der Waals surface area (Å²) in [5.41, 5.74) is 2.14. The van der Waals surface area contributed by atoms with E-state index in [-0.39, 0.29) is 18.9 Å². The lowest BCUT2D eigenvalue weighted by atomic mass is 10.2. The van der Waals surface area contributed by atoms with Crippen LogP contribution in [0.15, 0.2) is 17.6 Å². The second kappa shape index (κ2) is 6.53. The fourth-order valence-corrected chi connectivity index (χ4v) is 2.59. The highest BCUT2D eigenvalue weighted by Crippen LogP contribution is 2.22. The third kappa shape index (κ3) is 3.69. The van der Waals surface area contributed by atoms with E-state index in [1.165, 1.54) is 4.90 Å². The van der Waals surface area contributed by atoms with Crippen LogP contribution >= 0.6 is 11.3 Å². The van der Waals surface area contributed by atoms with Gasteiger partial charge in [-0.05, 0) is 19.9 Å². The van der Waals surface area contributed by atoms with Gasteiger partial charge in [0.25, 0.3) is 5.91 Å². The standard InChI is InChI=1S/C14H17N3O3S/c1-3-17(5-4-13(18)19)14(20)11-6-10(7-15-11)12-8-21-9(2)16-12/h6-8,15H,3-5H2,1-2H3,(H,18,19). The van der Waals surface area contributed by atoms with E-state index >= 15 is 0 Å². The largest absolute Gasteiger partial charge is 0.481 e. The Morgan fingerprint density at radius 2 is 2.24 bits per heavy atom. The lowest BCUT2D eigenvalue weighted by Gasteiger charge is -2.18. The summed E-state index contributed by atoms with van der Waals surface area (Å²) in [5.74, 6) is -1.11. The van der Waals surface area contributed by atoms with E-state index in [1.54, 1.807) is 23.6 Å². The van der Waals surface area contributed by atoms with Gasteiger partial charge in [0, 0.05) is 30.2 Å². The van der Waals surface area contributed by atoms with Gasteiger partial charge in [-0.25, -0.2) is 4.98 Å². The Labute approximate surface area is 126 Å². The molecule has 0 fully saturated rings. The maximum atomic E-state index is 12.3. The molecule has 0 spiro atoms. The Kier molecular flexibility index (Phi) is 4.74. The Morgan fingerprint density at radius 3 is 2.81 bits per heavy atom. The first kappa shape index (κ1) is 15.2. The molecule has 7 heteroatoms. The average Bonchev–Trinajstić information content (AvgIpc) is 3.07. The van der Waals surface area contributed by atoms with Crippen LogP contribution in [0.25, 0.3) is 11.3 Å². The number of aromatic nitrogens is 2. The first-order chi connectivity index (χ1) is 10.0. The van der Waals surface area contributed by atoms with E-state index in [4.69, 9.17) is 5.11 Å².